The average molecular weight is 523 g/mol. The van der Waals surface area contributed by atoms with E-state index in [1.165, 1.54) is 12.0 Å². The molecule has 1 aliphatic rings. The van der Waals surface area contributed by atoms with Crippen molar-refractivity contribution >= 4 is 34.0 Å². The molecule has 3 aromatic carbocycles. The van der Waals surface area contributed by atoms with E-state index >= 15 is 0 Å². The fourth-order valence-corrected chi connectivity index (χ4v) is 5.24. The third-order valence-corrected chi connectivity index (χ3v) is 7.52. The van der Waals surface area contributed by atoms with Crippen LogP contribution in [0.5, 0.6) is 5.75 Å². The summed E-state index contributed by atoms with van der Waals surface area (Å²) in [7, 11) is 1.52. The van der Waals surface area contributed by atoms with Crippen LogP contribution in [-0.4, -0.2) is 28.9 Å². The quantitative estimate of drug-likeness (QED) is 0.165. The van der Waals surface area contributed by atoms with Crippen molar-refractivity contribution in [3.05, 3.63) is 101 Å². The van der Waals surface area contributed by atoms with Crippen LogP contribution in [0.3, 0.4) is 0 Å². The van der Waals surface area contributed by atoms with E-state index in [-0.39, 0.29) is 16.7 Å². The zero-order valence-electron chi connectivity index (χ0n) is 23.2. The third-order valence-electron chi connectivity index (χ3n) is 7.52. The molecule has 2 N–H and O–H groups in total. The molecule has 0 aliphatic carbocycles. The van der Waals surface area contributed by atoms with Gasteiger partial charge >= 0.3 is 0 Å². The number of aliphatic hydroxyl groups excluding tert-OH is 1. The summed E-state index contributed by atoms with van der Waals surface area (Å²) in [4.78, 5) is 32.2. The van der Waals surface area contributed by atoms with E-state index in [0.717, 1.165) is 27.6 Å². The van der Waals surface area contributed by atoms with Gasteiger partial charge < -0.3 is 14.8 Å². The molecule has 6 heteroatoms. The number of ketones is 1. The van der Waals surface area contributed by atoms with Gasteiger partial charge in [-0.2, -0.15) is 0 Å². The second-order valence-corrected chi connectivity index (χ2v) is 11.4. The number of fused-ring (bicyclic) bond motifs is 1. The summed E-state index contributed by atoms with van der Waals surface area (Å²) in [6.07, 6.45) is 1.81. The van der Waals surface area contributed by atoms with Crippen molar-refractivity contribution in [3.63, 3.8) is 0 Å². The van der Waals surface area contributed by atoms with Crippen LogP contribution in [0.1, 0.15) is 68.8 Å². The number of anilines is 1. The van der Waals surface area contributed by atoms with Gasteiger partial charge in [-0.3, -0.25) is 14.5 Å². The van der Waals surface area contributed by atoms with Crippen molar-refractivity contribution in [2.24, 2.45) is 0 Å². The SMILES string of the molecule is COc1ccc(C(C)(C)C)cc1/C(O)=C1\C(=O)C(=O)N(c2ccc(C(C)C)cc2)C1c1c[nH]c2ccccc12. The van der Waals surface area contributed by atoms with Gasteiger partial charge in [0.15, 0.2) is 0 Å². The van der Waals surface area contributed by atoms with Crippen LogP contribution >= 0.6 is 0 Å². The number of nitrogens with one attached hydrogen (secondary N) is 1. The molecule has 0 radical (unpaired) electrons. The molecule has 5 rings (SSSR count). The maximum absolute atomic E-state index is 13.7. The van der Waals surface area contributed by atoms with E-state index < -0.39 is 17.7 Å². The number of ether oxygens (including phenoxy) is 1. The Morgan fingerprint density at radius 1 is 1.00 bits per heavy atom. The summed E-state index contributed by atoms with van der Waals surface area (Å²) in [6.45, 7) is 10.4. The van der Waals surface area contributed by atoms with Crippen LogP contribution in [0.4, 0.5) is 5.69 Å². The summed E-state index contributed by atoms with van der Waals surface area (Å²) in [5, 5.41) is 12.7. The highest BCUT2D eigenvalue weighted by Crippen LogP contribution is 2.45. The lowest BCUT2D eigenvalue weighted by Crippen LogP contribution is -2.29. The molecule has 1 fully saturated rings. The molecule has 1 saturated heterocycles. The van der Waals surface area contributed by atoms with E-state index in [4.69, 9.17) is 4.74 Å². The highest BCUT2D eigenvalue weighted by atomic mass is 16.5. The van der Waals surface area contributed by atoms with E-state index in [9.17, 15) is 14.7 Å². The van der Waals surface area contributed by atoms with Gasteiger partial charge in [0.1, 0.15) is 11.5 Å². The van der Waals surface area contributed by atoms with Gasteiger partial charge in [0.25, 0.3) is 11.7 Å². The molecule has 1 aromatic heterocycles. The number of H-pyrrole nitrogens is 1. The van der Waals surface area contributed by atoms with Crippen LogP contribution in [0.2, 0.25) is 0 Å². The molecule has 4 aromatic rings. The molecule has 1 unspecified atom stereocenters. The zero-order valence-corrected chi connectivity index (χ0v) is 23.2. The summed E-state index contributed by atoms with van der Waals surface area (Å²) in [5.41, 5.74) is 4.48. The second kappa shape index (κ2) is 9.77. The third kappa shape index (κ3) is 4.50. The Bertz CT molecular complexity index is 1600. The number of Topliss-reactive ketones (excluding diaryl/α,β-unsaturated/α-hetero) is 1. The monoisotopic (exact) mass is 522 g/mol. The molecule has 1 amide bonds. The second-order valence-electron chi connectivity index (χ2n) is 11.4. The van der Waals surface area contributed by atoms with Crippen LogP contribution < -0.4 is 9.64 Å². The van der Waals surface area contributed by atoms with Crippen molar-refractivity contribution in [1.29, 1.82) is 0 Å². The highest BCUT2D eigenvalue weighted by molar-refractivity contribution is 6.52. The summed E-state index contributed by atoms with van der Waals surface area (Å²) in [6, 6.07) is 20.1. The Labute approximate surface area is 228 Å². The lowest BCUT2D eigenvalue weighted by atomic mass is 9.85. The number of carbonyl (C=O) groups is 2. The predicted molar refractivity (Wildman–Crippen MR) is 155 cm³/mol. The number of aromatic nitrogens is 1. The van der Waals surface area contributed by atoms with Gasteiger partial charge in [-0.25, -0.2) is 0 Å². The fourth-order valence-electron chi connectivity index (χ4n) is 5.24. The van der Waals surface area contributed by atoms with Gasteiger partial charge in [0.05, 0.1) is 24.3 Å². The molecule has 0 spiro atoms. The Morgan fingerprint density at radius 3 is 2.33 bits per heavy atom. The topological polar surface area (TPSA) is 82.6 Å². The number of benzene rings is 3. The number of hydrogen-bond acceptors (Lipinski definition) is 4. The number of para-hydroxylation sites is 1. The number of nitrogens with zero attached hydrogens (tertiary/aromatic N) is 1. The first kappa shape index (κ1) is 26.3. The number of aliphatic hydroxyl groups is 1. The summed E-state index contributed by atoms with van der Waals surface area (Å²) >= 11 is 0. The van der Waals surface area contributed by atoms with Crippen LogP contribution in [0.15, 0.2) is 78.5 Å². The van der Waals surface area contributed by atoms with E-state index in [1.54, 1.807) is 6.07 Å². The van der Waals surface area contributed by atoms with Gasteiger partial charge in [0.2, 0.25) is 0 Å². The molecule has 1 atom stereocenters. The predicted octanol–water partition coefficient (Wildman–Crippen LogP) is 7.22. The largest absolute Gasteiger partial charge is 0.507 e. The van der Waals surface area contributed by atoms with Gasteiger partial charge in [0, 0.05) is 28.4 Å². The zero-order chi connectivity index (χ0) is 28.1. The van der Waals surface area contributed by atoms with Crippen molar-refractivity contribution in [2.75, 3.05) is 12.0 Å². The lowest BCUT2D eigenvalue weighted by molar-refractivity contribution is -0.132. The van der Waals surface area contributed by atoms with E-state index in [0.29, 0.717) is 22.9 Å². The standard InChI is InChI=1S/C33H34N2O4/c1-19(2)20-11-14-22(15-12-20)35-29(25-18-34-26-10-8-7-9-23(25)26)28(31(37)32(35)38)30(36)24-17-21(33(3,4)5)13-16-27(24)39-6/h7-19,29,34,36H,1-6H3/b30-28+. The Kier molecular flexibility index (Phi) is 6.59. The van der Waals surface area contributed by atoms with Crippen LogP contribution in [0, 0.1) is 0 Å². The minimum absolute atomic E-state index is 0.0297. The van der Waals surface area contributed by atoms with Crippen molar-refractivity contribution in [2.45, 2.75) is 52.0 Å². The highest BCUT2D eigenvalue weighted by Gasteiger charge is 2.48. The molecule has 200 valence electrons. The van der Waals surface area contributed by atoms with Crippen LogP contribution in [0.25, 0.3) is 16.7 Å². The molecular weight excluding hydrogens is 488 g/mol. The lowest BCUT2D eigenvalue weighted by Gasteiger charge is -2.26. The molecule has 39 heavy (non-hydrogen) atoms. The molecular formula is C33H34N2O4. The first-order chi connectivity index (χ1) is 18.5. The maximum Gasteiger partial charge on any atom is 0.300 e. The molecule has 6 nitrogen and oxygen atoms in total. The molecule has 2 heterocycles. The van der Waals surface area contributed by atoms with Gasteiger partial charge in [-0.1, -0.05) is 71.0 Å². The summed E-state index contributed by atoms with van der Waals surface area (Å²) in [5.74, 6) is -0.936. The molecule has 0 bridgehead atoms. The Morgan fingerprint density at radius 2 is 1.69 bits per heavy atom. The van der Waals surface area contributed by atoms with E-state index in [1.807, 2.05) is 66.9 Å². The van der Waals surface area contributed by atoms with Crippen LogP contribution in [-0.2, 0) is 15.0 Å². The summed E-state index contributed by atoms with van der Waals surface area (Å²) < 4.78 is 5.59. The minimum atomic E-state index is -0.839. The Hall–Kier alpha value is -4.32. The van der Waals surface area contributed by atoms with Gasteiger partial charge in [-0.05, 0) is 52.8 Å². The number of methoxy groups -OCH3 is 1. The average Bonchev–Trinajstić information content (AvgIpc) is 3.45. The number of rotatable bonds is 5. The molecule has 0 saturated carbocycles. The first-order valence-electron chi connectivity index (χ1n) is 13.2. The number of aromatic amines is 1. The number of hydrogen-bond donors (Lipinski definition) is 2. The molecule has 1 aliphatic heterocycles. The fraction of sp³-hybridized carbons (Fsp3) is 0.273. The van der Waals surface area contributed by atoms with Gasteiger partial charge in [-0.15, -0.1) is 0 Å². The van der Waals surface area contributed by atoms with Crippen molar-refractivity contribution in [1.82, 2.24) is 4.98 Å². The first-order valence-corrected chi connectivity index (χ1v) is 13.2. The smallest absolute Gasteiger partial charge is 0.300 e. The maximum atomic E-state index is 13.7. The minimum Gasteiger partial charge on any atom is -0.507 e. The Balaban J connectivity index is 1.78. The number of amides is 1. The number of carbonyl (C=O) groups excluding carboxylic acids is 2. The normalized spacial score (nSPS) is 17.4. The van der Waals surface area contributed by atoms with Crippen molar-refractivity contribution < 1.29 is 19.4 Å². The van der Waals surface area contributed by atoms with Crippen molar-refractivity contribution in [3.8, 4) is 5.75 Å². The van der Waals surface area contributed by atoms with E-state index in [2.05, 4.69) is 39.6 Å².